The van der Waals surface area contributed by atoms with E-state index in [9.17, 15) is 0 Å². The van der Waals surface area contributed by atoms with Gasteiger partial charge in [0, 0.05) is 35.6 Å². The largest absolute Gasteiger partial charge is 0.381 e. The fourth-order valence-electron chi connectivity index (χ4n) is 3.05. The number of fused-ring (bicyclic) bond motifs is 1. The van der Waals surface area contributed by atoms with Gasteiger partial charge >= 0.3 is 0 Å². The van der Waals surface area contributed by atoms with Crippen molar-refractivity contribution in [3.63, 3.8) is 0 Å². The van der Waals surface area contributed by atoms with Crippen LogP contribution in [0.4, 0.5) is 5.69 Å². The van der Waals surface area contributed by atoms with Crippen molar-refractivity contribution < 1.29 is 0 Å². The lowest BCUT2D eigenvalue weighted by Crippen LogP contribution is -2.45. The average molecular weight is 375 g/mol. The van der Waals surface area contributed by atoms with Crippen molar-refractivity contribution in [1.29, 1.82) is 0 Å². The number of hydrogen-bond donors (Lipinski definition) is 3. The van der Waals surface area contributed by atoms with Crippen LogP contribution in [0.1, 0.15) is 31.2 Å². The first-order valence-electron chi connectivity index (χ1n) is 8.65. The molecule has 1 fully saturated rings. The van der Waals surface area contributed by atoms with Crippen LogP contribution in [0.5, 0.6) is 0 Å². The molecule has 0 aliphatic heterocycles. The van der Waals surface area contributed by atoms with Gasteiger partial charge in [-0.1, -0.05) is 30.2 Å². The Bertz CT molecular complexity index is 852. The molecule has 0 aromatic carbocycles. The van der Waals surface area contributed by atoms with Crippen LogP contribution in [-0.2, 0) is 0 Å². The smallest absolute Gasteiger partial charge is 0.151 e. The highest BCUT2D eigenvalue weighted by Gasteiger charge is 2.30. The van der Waals surface area contributed by atoms with E-state index in [4.69, 9.17) is 0 Å². The van der Waals surface area contributed by atoms with Crippen LogP contribution in [0.15, 0.2) is 18.5 Å². The topological polar surface area (TPSA) is 78.5 Å². The van der Waals surface area contributed by atoms with Crippen molar-refractivity contribution in [1.82, 2.24) is 24.9 Å². The third-order valence-electron chi connectivity index (χ3n) is 4.39. The lowest BCUT2D eigenvalue weighted by molar-refractivity contribution is 0.355. The number of nitrogens with one attached hydrogen (secondary N) is 3. The summed E-state index contributed by atoms with van der Waals surface area (Å²) in [5.74, 6) is 1.17. The Labute approximate surface area is 155 Å². The second kappa shape index (κ2) is 7.31. The van der Waals surface area contributed by atoms with Crippen LogP contribution in [0.2, 0.25) is 0 Å². The van der Waals surface area contributed by atoms with Crippen LogP contribution in [0.25, 0.3) is 21.6 Å². The molecular formula is C17H22N6S2. The number of nitrogens with zero attached hydrogens (tertiary/aromatic N) is 3. The number of hydrogen-bond acceptors (Lipinski definition) is 7. The fraction of sp³-hybridized carbons (Fsp3) is 0.471. The maximum Gasteiger partial charge on any atom is 0.151 e. The van der Waals surface area contributed by atoms with Gasteiger partial charge in [-0.05, 0) is 32.3 Å². The first kappa shape index (κ1) is 16.8. The van der Waals surface area contributed by atoms with E-state index in [2.05, 4.69) is 43.2 Å². The highest BCUT2D eigenvalue weighted by molar-refractivity contribution is 7.97. The molecule has 25 heavy (non-hydrogen) atoms. The predicted octanol–water partition coefficient (Wildman–Crippen LogP) is 3.98. The Kier molecular flexibility index (Phi) is 4.91. The minimum atomic E-state index is 0.480. The molecule has 1 saturated carbocycles. The molecule has 0 atom stereocenters. The average Bonchev–Trinajstić information content (AvgIpc) is 3.21. The Morgan fingerprint density at radius 3 is 2.96 bits per heavy atom. The second-order valence-corrected chi connectivity index (χ2v) is 8.50. The van der Waals surface area contributed by atoms with Gasteiger partial charge in [0.25, 0.3) is 0 Å². The van der Waals surface area contributed by atoms with E-state index in [1.165, 1.54) is 12.2 Å². The Hall–Kier alpha value is -1.64. The summed E-state index contributed by atoms with van der Waals surface area (Å²) < 4.78 is 3.56. The van der Waals surface area contributed by atoms with Gasteiger partial charge in [0.1, 0.15) is 10.7 Å². The molecule has 3 aromatic rings. The molecule has 3 N–H and O–H groups in total. The van der Waals surface area contributed by atoms with Crippen LogP contribution in [-0.4, -0.2) is 38.0 Å². The Balaban J connectivity index is 1.53. The number of aryl methyl sites for hydroxylation is 1. The zero-order valence-electron chi connectivity index (χ0n) is 14.4. The number of rotatable bonds is 7. The molecule has 0 amide bonds. The maximum absolute atomic E-state index is 4.53. The van der Waals surface area contributed by atoms with Crippen molar-refractivity contribution >= 4 is 40.0 Å². The van der Waals surface area contributed by atoms with Gasteiger partial charge in [0.05, 0.1) is 11.3 Å². The summed E-state index contributed by atoms with van der Waals surface area (Å²) in [6.45, 7) is 4.19. The third-order valence-corrected chi connectivity index (χ3v) is 6.37. The molecule has 6 nitrogen and oxygen atoms in total. The first-order chi connectivity index (χ1) is 12.2. The molecular weight excluding hydrogens is 352 g/mol. The maximum atomic E-state index is 4.53. The van der Waals surface area contributed by atoms with E-state index in [0.717, 1.165) is 45.1 Å². The standard InChI is InChI=1S/C17H22N6S2/c1-3-6-24-23-12-7-11(8-12)20-15-13-4-5-18-16(13)19-9-14(15)17-22-21-10(2)25-17/h4-5,9,11-12,23H,3,6-8H2,1-2H3,(H2,18,19,20). The van der Waals surface area contributed by atoms with E-state index in [1.54, 1.807) is 11.3 Å². The summed E-state index contributed by atoms with van der Waals surface area (Å²) in [5, 5.41) is 15.2. The van der Waals surface area contributed by atoms with Gasteiger partial charge < -0.3 is 10.3 Å². The number of pyridine rings is 1. The van der Waals surface area contributed by atoms with Gasteiger partial charge in [-0.15, -0.1) is 10.2 Å². The molecule has 1 aliphatic carbocycles. The van der Waals surface area contributed by atoms with Gasteiger partial charge in [-0.3, -0.25) is 4.72 Å². The summed E-state index contributed by atoms with van der Waals surface area (Å²) in [4.78, 5) is 7.73. The highest BCUT2D eigenvalue weighted by Crippen LogP contribution is 2.37. The molecule has 0 radical (unpaired) electrons. The molecule has 8 heteroatoms. The van der Waals surface area contributed by atoms with Crippen molar-refractivity contribution in [3.05, 3.63) is 23.5 Å². The SMILES string of the molecule is CCCSNC1CC(Nc2c(-c3nnc(C)s3)cnc3[nH]ccc23)C1. The van der Waals surface area contributed by atoms with Crippen molar-refractivity contribution in [2.75, 3.05) is 11.1 Å². The van der Waals surface area contributed by atoms with E-state index >= 15 is 0 Å². The van der Waals surface area contributed by atoms with Crippen molar-refractivity contribution in [2.24, 2.45) is 0 Å². The van der Waals surface area contributed by atoms with Gasteiger partial charge in [0.2, 0.25) is 0 Å². The molecule has 132 valence electrons. The van der Waals surface area contributed by atoms with E-state index in [-0.39, 0.29) is 0 Å². The van der Waals surface area contributed by atoms with E-state index < -0.39 is 0 Å². The van der Waals surface area contributed by atoms with Crippen molar-refractivity contribution in [2.45, 2.75) is 45.2 Å². The fourth-order valence-corrected chi connectivity index (χ4v) is 4.50. The Morgan fingerprint density at radius 1 is 1.32 bits per heavy atom. The summed E-state index contributed by atoms with van der Waals surface area (Å²) in [5.41, 5.74) is 3.06. The van der Waals surface area contributed by atoms with Gasteiger partial charge in [-0.2, -0.15) is 0 Å². The van der Waals surface area contributed by atoms with Gasteiger partial charge in [-0.25, -0.2) is 4.98 Å². The second-order valence-electron chi connectivity index (χ2n) is 6.39. The zero-order valence-corrected chi connectivity index (χ0v) is 16.0. The van der Waals surface area contributed by atoms with E-state index in [1.807, 2.05) is 31.3 Å². The predicted molar refractivity (Wildman–Crippen MR) is 106 cm³/mol. The van der Waals surface area contributed by atoms with E-state index in [0.29, 0.717) is 12.1 Å². The molecule has 1 aliphatic rings. The first-order valence-corrected chi connectivity index (χ1v) is 10.4. The summed E-state index contributed by atoms with van der Waals surface area (Å²) in [6.07, 6.45) is 7.31. The van der Waals surface area contributed by atoms with Crippen LogP contribution < -0.4 is 10.0 Å². The molecule has 4 rings (SSSR count). The summed E-state index contributed by atoms with van der Waals surface area (Å²) >= 11 is 3.45. The normalized spacial score (nSPS) is 19.9. The lowest BCUT2D eigenvalue weighted by Gasteiger charge is -2.37. The quantitative estimate of drug-likeness (QED) is 0.429. The minimum absolute atomic E-state index is 0.480. The number of aromatic nitrogens is 4. The molecule has 0 spiro atoms. The summed E-state index contributed by atoms with van der Waals surface area (Å²) in [7, 11) is 0. The van der Waals surface area contributed by atoms with Crippen LogP contribution in [0, 0.1) is 6.92 Å². The number of aromatic amines is 1. The van der Waals surface area contributed by atoms with Crippen LogP contribution in [0.3, 0.4) is 0 Å². The molecule has 0 bridgehead atoms. The molecule has 0 saturated heterocycles. The minimum Gasteiger partial charge on any atom is -0.381 e. The third kappa shape index (κ3) is 3.51. The monoisotopic (exact) mass is 374 g/mol. The summed E-state index contributed by atoms with van der Waals surface area (Å²) in [6, 6.07) is 3.16. The van der Waals surface area contributed by atoms with Gasteiger partial charge in [0.15, 0.2) is 5.01 Å². The zero-order chi connectivity index (χ0) is 17.2. The van der Waals surface area contributed by atoms with Crippen LogP contribution >= 0.6 is 23.3 Å². The Morgan fingerprint density at radius 2 is 2.20 bits per heavy atom. The number of anilines is 1. The molecule has 3 heterocycles. The molecule has 0 unspecified atom stereocenters. The van der Waals surface area contributed by atoms with Crippen molar-refractivity contribution in [3.8, 4) is 10.6 Å². The molecule has 3 aromatic heterocycles. The lowest BCUT2D eigenvalue weighted by atomic mass is 9.87. The highest BCUT2D eigenvalue weighted by atomic mass is 32.2. The number of H-pyrrole nitrogens is 1.